The number of nitrogens with zero attached hydrogens (tertiary/aromatic N) is 3. The predicted octanol–water partition coefficient (Wildman–Crippen LogP) is 2.91. The molecule has 2 aliphatic rings. The molecule has 5 rings (SSSR count). The number of amides is 1. The zero-order valence-electron chi connectivity index (χ0n) is 18.9. The van der Waals surface area contributed by atoms with E-state index in [2.05, 4.69) is 20.4 Å². The number of rotatable bonds is 8. The minimum absolute atomic E-state index is 0.0217. The molecule has 3 aromatic rings. The third-order valence-corrected chi connectivity index (χ3v) is 9.10. The number of methoxy groups -OCH3 is 1. The second kappa shape index (κ2) is 9.51. The lowest BCUT2D eigenvalue weighted by molar-refractivity contribution is -0.110. The van der Waals surface area contributed by atoms with E-state index >= 15 is 0 Å². The molecule has 0 unspecified atom stereocenters. The summed E-state index contributed by atoms with van der Waals surface area (Å²) in [6.07, 6.45) is 2.25. The fraction of sp³-hybridized carbons (Fsp3) is 0.391. The number of aromatic nitrogens is 2. The van der Waals surface area contributed by atoms with Crippen molar-refractivity contribution in [2.75, 3.05) is 12.4 Å². The van der Waals surface area contributed by atoms with Crippen LogP contribution in [0.5, 0.6) is 5.88 Å². The summed E-state index contributed by atoms with van der Waals surface area (Å²) in [6, 6.07) is 9.49. The number of nitrogens with one attached hydrogen (secondary N) is 1. The van der Waals surface area contributed by atoms with Gasteiger partial charge in [0.1, 0.15) is 16.5 Å². The molecule has 12 heteroatoms. The Morgan fingerprint density at radius 3 is 2.54 bits per heavy atom. The first kappa shape index (κ1) is 23.6. The van der Waals surface area contributed by atoms with Crippen LogP contribution < -0.4 is 10.1 Å². The third kappa shape index (κ3) is 5.14. The molecule has 0 radical (unpaired) electrons. The van der Waals surface area contributed by atoms with Crippen LogP contribution in [0.25, 0.3) is 10.3 Å². The van der Waals surface area contributed by atoms with E-state index in [0.29, 0.717) is 59.0 Å². The monoisotopic (exact) mass is 516 g/mol. The zero-order chi connectivity index (χ0) is 24.6. The molecule has 10 nitrogen and oxygen atoms in total. The van der Waals surface area contributed by atoms with Crippen LogP contribution in [-0.4, -0.2) is 59.7 Å². The molecule has 2 aromatic heterocycles. The number of aliphatic hydroxyl groups excluding tert-OH is 1. The summed E-state index contributed by atoms with van der Waals surface area (Å²) in [5, 5.41) is 16.6. The van der Waals surface area contributed by atoms with Gasteiger partial charge in [-0.1, -0.05) is 28.6 Å². The Morgan fingerprint density at radius 1 is 1.11 bits per heavy atom. The molecule has 0 saturated heterocycles. The van der Waals surface area contributed by atoms with Gasteiger partial charge in [-0.05, 0) is 43.9 Å². The summed E-state index contributed by atoms with van der Waals surface area (Å²) in [5.41, 5.74) is 0.985. The molecule has 184 valence electrons. The lowest BCUT2D eigenvalue weighted by Crippen LogP contribution is -2.25. The Bertz CT molecular complexity index is 1380. The van der Waals surface area contributed by atoms with E-state index in [1.807, 2.05) is 0 Å². The minimum atomic E-state index is -3.35. The SMILES string of the molecule is COc1ccc2nc(NC(=O)C(=NO[C@@H]3CC[C@@H](O)C3)c3ccc(S(=O)(=O)C4CC4)cc3)sc2n1. The summed E-state index contributed by atoms with van der Waals surface area (Å²) in [5.74, 6) is -0.123. The lowest BCUT2D eigenvalue weighted by atomic mass is 10.1. The molecule has 35 heavy (non-hydrogen) atoms. The summed E-state index contributed by atoms with van der Waals surface area (Å²) in [7, 11) is -1.84. The van der Waals surface area contributed by atoms with E-state index < -0.39 is 21.8 Å². The standard InChI is InChI=1S/C23H24N4O6S2/c1-32-19-11-10-18-22(25-19)34-23(24-18)26-21(29)20(27-33-15-5-4-14(28)12-15)13-2-6-16(7-3-13)35(30,31)17-8-9-17/h2-3,6-7,10-11,14-15,17,28H,4-5,8-9,12H2,1H3,(H,24,26,29)/t14-,15-/m1/s1. The van der Waals surface area contributed by atoms with Crippen LogP contribution in [0.3, 0.4) is 0 Å². The quantitative estimate of drug-likeness (QED) is 0.344. The average molecular weight is 517 g/mol. The molecule has 2 saturated carbocycles. The molecule has 0 spiro atoms. The first-order chi connectivity index (χ1) is 16.8. The maximum Gasteiger partial charge on any atom is 0.280 e. The highest BCUT2D eigenvalue weighted by atomic mass is 32.2. The van der Waals surface area contributed by atoms with Gasteiger partial charge in [0.05, 0.1) is 23.4 Å². The van der Waals surface area contributed by atoms with E-state index in [1.54, 1.807) is 24.3 Å². The molecule has 2 aliphatic carbocycles. The number of carbonyl (C=O) groups excluding carboxylic acids is 1. The van der Waals surface area contributed by atoms with E-state index in [4.69, 9.17) is 9.57 Å². The number of benzene rings is 1. The van der Waals surface area contributed by atoms with Crippen LogP contribution in [-0.2, 0) is 19.5 Å². The van der Waals surface area contributed by atoms with Crippen LogP contribution in [0.2, 0.25) is 0 Å². The number of anilines is 1. The van der Waals surface area contributed by atoms with Gasteiger partial charge in [-0.15, -0.1) is 0 Å². The number of pyridine rings is 1. The van der Waals surface area contributed by atoms with Crippen molar-refractivity contribution < 1.29 is 27.9 Å². The van der Waals surface area contributed by atoms with Crippen molar-refractivity contribution in [1.29, 1.82) is 0 Å². The smallest absolute Gasteiger partial charge is 0.280 e. The molecular formula is C23H24N4O6S2. The van der Waals surface area contributed by atoms with Gasteiger partial charge in [-0.2, -0.15) is 0 Å². The number of fused-ring (bicyclic) bond motifs is 1. The van der Waals surface area contributed by atoms with E-state index in [1.165, 1.54) is 30.6 Å². The van der Waals surface area contributed by atoms with Gasteiger partial charge in [-0.25, -0.2) is 18.4 Å². The molecular weight excluding hydrogens is 492 g/mol. The summed E-state index contributed by atoms with van der Waals surface area (Å²) >= 11 is 1.19. The molecule has 1 amide bonds. The number of sulfone groups is 1. The molecule has 0 aliphatic heterocycles. The molecule has 0 bridgehead atoms. The van der Waals surface area contributed by atoms with Crippen molar-refractivity contribution in [1.82, 2.24) is 9.97 Å². The van der Waals surface area contributed by atoms with Crippen molar-refractivity contribution in [3.8, 4) is 5.88 Å². The molecule has 2 N–H and O–H groups in total. The second-order valence-corrected chi connectivity index (χ2v) is 11.8. The third-order valence-electron chi connectivity index (χ3n) is 5.94. The van der Waals surface area contributed by atoms with Gasteiger partial charge in [-0.3, -0.25) is 10.1 Å². The van der Waals surface area contributed by atoms with Crippen LogP contribution >= 0.6 is 11.3 Å². The maximum atomic E-state index is 13.2. The van der Waals surface area contributed by atoms with Crippen molar-refractivity contribution in [2.24, 2.45) is 5.16 Å². The fourth-order valence-corrected chi connectivity index (χ4v) is 6.34. The van der Waals surface area contributed by atoms with E-state index in [9.17, 15) is 18.3 Å². The first-order valence-electron chi connectivity index (χ1n) is 11.2. The number of oxime groups is 1. The maximum absolute atomic E-state index is 13.2. The topological polar surface area (TPSA) is 140 Å². The number of thiazole rings is 1. The summed E-state index contributed by atoms with van der Waals surface area (Å²) in [4.78, 5) is 28.3. The van der Waals surface area contributed by atoms with Crippen molar-refractivity contribution in [2.45, 2.75) is 54.5 Å². The molecule has 2 heterocycles. The Morgan fingerprint density at radius 2 is 1.89 bits per heavy atom. The van der Waals surface area contributed by atoms with E-state index in [-0.39, 0.29) is 22.0 Å². The van der Waals surface area contributed by atoms with Gasteiger partial charge in [0.15, 0.2) is 20.7 Å². The Labute approximate surface area is 205 Å². The lowest BCUT2D eigenvalue weighted by Gasteiger charge is -2.11. The Kier molecular flexibility index (Phi) is 6.43. The highest BCUT2D eigenvalue weighted by molar-refractivity contribution is 7.92. The largest absolute Gasteiger partial charge is 0.481 e. The van der Waals surface area contributed by atoms with Crippen molar-refractivity contribution in [3.63, 3.8) is 0 Å². The summed E-state index contributed by atoms with van der Waals surface area (Å²) < 4.78 is 30.2. The first-order valence-corrected chi connectivity index (χ1v) is 13.6. The Balaban J connectivity index is 1.41. The Hall–Kier alpha value is -3.09. The number of hydrogen-bond donors (Lipinski definition) is 2. The van der Waals surface area contributed by atoms with Gasteiger partial charge >= 0.3 is 0 Å². The molecule has 1 aromatic carbocycles. The fourth-order valence-electron chi connectivity index (χ4n) is 3.86. The molecule has 2 fully saturated rings. The number of aliphatic hydroxyl groups is 1. The van der Waals surface area contributed by atoms with Crippen molar-refractivity contribution >= 4 is 48.3 Å². The predicted molar refractivity (Wildman–Crippen MR) is 131 cm³/mol. The summed E-state index contributed by atoms with van der Waals surface area (Å²) in [6.45, 7) is 0. The van der Waals surface area contributed by atoms with Crippen LogP contribution in [0, 0.1) is 0 Å². The zero-order valence-corrected chi connectivity index (χ0v) is 20.5. The average Bonchev–Trinajstić information content (AvgIpc) is 3.52. The van der Waals surface area contributed by atoms with Crippen LogP contribution in [0.1, 0.15) is 37.7 Å². The highest BCUT2D eigenvalue weighted by Crippen LogP contribution is 2.33. The number of ether oxygens (including phenoxy) is 1. The second-order valence-electron chi connectivity index (χ2n) is 8.55. The van der Waals surface area contributed by atoms with Crippen molar-refractivity contribution in [3.05, 3.63) is 42.0 Å². The normalized spacial score (nSPS) is 20.7. The molecule has 2 atom stereocenters. The van der Waals surface area contributed by atoms with Gasteiger partial charge in [0, 0.05) is 18.1 Å². The number of carbonyl (C=O) groups is 1. The van der Waals surface area contributed by atoms with Gasteiger partial charge < -0.3 is 14.7 Å². The number of hydrogen-bond acceptors (Lipinski definition) is 10. The highest BCUT2D eigenvalue weighted by Gasteiger charge is 2.37. The van der Waals surface area contributed by atoms with Crippen LogP contribution in [0.4, 0.5) is 5.13 Å². The minimum Gasteiger partial charge on any atom is -0.481 e. The van der Waals surface area contributed by atoms with Crippen LogP contribution in [0.15, 0.2) is 46.4 Å². The van der Waals surface area contributed by atoms with E-state index in [0.717, 1.165) is 0 Å². The van der Waals surface area contributed by atoms with Gasteiger partial charge in [0.2, 0.25) is 5.88 Å². The van der Waals surface area contributed by atoms with Gasteiger partial charge in [0.25, 0.3) is 5.91 Å².